The Kier molecular flexibility index (Phi) is 6.14. The predicted molar refractivity (Wildman–Crippen MR) is 80.6 cm³/mol. The third-order valence-electron chi connectivity index (χ3n) is 4.89. The molecule has 1 atom stereocenters. The minimum Gasteiger partial charge on any atom is -0.393 e. The number of aliphatic hydroxyl groups excluding tert-OH is 1. The van der Waals surface area contributed by atoms with Crippen LogP contribution in [-0.4, -0.2) is 29.3 Å². The molecule has 1 unspecified atom stereocenters. The first-order chi connectivity index (χ1) is 9.63. The lowest BCUT2D eigenvalue weighted by Gasteiger charge is -2.27. The molecule has 2 amide bonds. The van der Waals surface area contributed by atoms with Crippen molar-refractivity contribution in [2.75, 3.05) is 0 Å². The van der Waals surface area contributed by atoms with E-state index >= 15 is 0 Å². The number of aliphatic hydroxyl groups is 1. The molecule has 0 saturated heterocycles. The van der Waals surface area contributed by atoms with Gasteiger partial charge in [0.2, 0.25) is 0 Å². The number of amides is 2. The van der Waals surface area contributed by atoms with Crippen LogP contribution >= 0.6 is 0 Å². The van der Waals surface area contributed by atoms with Gasteiger partial charge >= 0.3 is 6.03 Å². The van der Waals surface area contributed by atoms with Crippen molar-refractivity contribution in [3.8, 4) is 0 Å². The minimum absolute atomic E-state index is 0.0367. The summed E-state index contributed by atoms with van der Waals surface area (Å²) in [7, 11) is 0. The molecule has 2 fully saturated rings. The van der Waals surface area contributed by atoms with Gasteiger partial charge in [0.25, 0.3) is 0 Å². The maximum atomic E-state index is 11.9. The average molecular weight is 282 g/mol. The van der Waals surface area contributed by atoms with Crippen molar-refractivity contribution in [1.82, 2.24) is 10.6 Å². The summed E-state index contributed by atoms with van der Waals surface area (Å²) in [5.74, 6) is 0.891. The van der Waals surface area contributed by atoms with E-state index in [4.69, 9.17) is 0 Å². The third-order valence-corrected chi connectivity index (χ3v) is 4.89. The molecule has 0 aromatic carbocycles. The summed E-state index contributed by atoms with van der Waals surface area (Å²) in [6.45, 7) is 2.10. The van der Waals surface area contributed by atoms with Gasteiger partial charge in [-0.05, 0) is 51.4 Å². The van der Waals surface area contributed by atoms with Gasteiger partial charge in [0, 0.05) is 12.1 Å². The average Bonchev–Trinajstić information content (AvgIpc) is 2.92. The Bertz CT molecular complexity index is 295. The van der Waals surface area contributed by atoms with E-state index in [-0.39, 0.29) is 24.2 Å². The first kappa shape index (κ1) is 15.6. The summed E-state index contributed by atoms with van der Waals surface area (Å²) in [5, 5.41) is 15.5. The van der Waals surface area contributed by atoms with Crippen molar-refractivity contribution in [3.05, 3.63) is 0 Å². The second-order valence-corrected chi connectivity index (χ2v) is 6.75. The Hall–Kier alpha value is -0.770. The molecule has 0 heterocycles. The molecule has 0 spiro atoms. The Labute approximate surface area is 122 Å². The fourth-order valence-electron chi connectivity index (χ4n) is 3.53. The van der Waals surface area contributed by atoms with Crippen LogP contribution < -0.4 is 10.6 Å². The number of nitrogens with one attached hydrogen (secondary N) is 2. The highest BCUT2D eigenvalue weighted by molar-refractivity contribution is 5.74. The monoisotopic (exact) mass is 282 g/mol. The topological polar surface area (TPSA) is 61.4 Å². The van der Waals surface area contributed by atoms with Crippen molar-refractivity contribution in [1.29, 1.82) is 0 Å². The van der Waals surface area contributed by atoms with Gasteiger partial charge in [-0.2, -0.15) is 0 Å². The lowest BCUT2D eigenvalue weighted by Crippen LogP contribution is -2.46. The number of carbonyl (C=O) groups is 1. The van der Waals surface area contributed by atoms with Gasteiger partial charge < -0.3 is 15.7 Å². The zero-order chi connectivity index (χ0) is 14.4. The van der Waals surface area contributed by atoms with Crippen LogP contribution in [0.1, 0.15) is 71.1 Å². The number of carbonyl (C=O) groups excluding carboxylic acids is 1. The molecule has 4 nitrogen and oxygen atoms in total. The van der Waals surface area contributed by atoms with E-state index in [1.54, 1.807) is 0 Å². The standard InChI is InChI=1S/C16H30N2O2/c1-12(6-7-13-4-2-3-5-13)17-16(20)18-14-8-10-15(19)11-9-14/h12-15,19H,2-11H2,1H3,(H2,17,18,20). The van der Waals surface area contributed by atoms with Crippen molar-refractivity contribution in [2.24, 2.45) is 5.92 Å². The van der Waals surface area contributed by atoms with Gasteiger partial charge in [0.15, 0.2) is 0 Å². The van der Waals surface area contributed by atoms with Crippen molar-refractivity contribution >= 4 is 6.03 Å². The highest BCUT2D eigenvalue weighted by Crippen LogP contribution is 2.28. The summed E-state index contributed by atoms with van der Waals surface area (Å²) in [4.78, 5) is 11.9. The second kappa shape index (κ2) is 7.87. The summed E-state index contributed by atoms with van der Waals surface area (Å²) >= 11 is 0. The molecular weight excluding hydrogens is 252 g/mol. The van der Waals surface area contributed by atoms with Crippen molar-refractivity contribution < 1.29 is 9.90 Å². The zero-order valence-electron chi connectivity index (χ0n) is 12.7. The predicted octanol–water partition coefficient (Wildman–Crippen LogP) is 2.95. The van der Waals surface area contributed by atoms with Crippen LogP contribution in [0.3, 0.4) is 0 Å². The van der Waals surface area contributed by atoms with E-state index in [0.717, 1.165) is 38.0 Å². The van der Waals surface area contributed by atoms with Crippen LogP contribution in [0.25, 0.3) is 0 Å². The van der Waals surface area contributed by atoms with Gasteiger partial charge in [0.1, 0.15) is 0 Å². The smallest absolute Gasteiger partial charge is 0.315 e. The van der Waals surface area contributed by atoms with Gasteiger partial charge in [-0.25, -0.2) is 4.79 Å². The summed E-state index contributed by atoms with van der Waals surface area (Å²) in [5.41, 5.74) is 0. The highest BCUT2D eigenvalue weighted by atomic mass is 16.3. The molecule has 4 heteroatoms. The first-order valence-corrected chi connectivity index (χ1v) is 8.38. The zero-order valence-corrected chi connectivity index (χ0v) is 12.7. The Balaban J connectivity index is 1.58. The van der Waals surface area contributed by atoms with Gasteiger partial charge in [-0.3, -0.25) is 0 Å². The number of urea groups is 1. The summed E-state index contributed by atoms with van der Waals surface area (Å²) < 4.78 is 0. The fourth-order valence-corrected chi connectivity index (χ4v) is 3.53. The van der Waals surface area contributed by atoms with E-state index in [0.29, 0.717) is 0 Å². The normalized spacial score (nSPS) is 29.1. The van der Waals surface area contributed by atoms with E-state index in [9.17, 15) is 9.90 Å². The van der Waals surface area contributed by atoms with Crippen LogP contribution in [-0.2, 0) is 0 Å². The van der Waals surface area contributed by atoms with Crippen molar-refractivity contribution in [2.45, 2.75) is 89.3 Å². The highest BCUT2D eigenvalue weighted by Gasteiger charge is 2.21. The molecule has 0 bridgehead atoms. The molecule has 0 aliphatic heterocycles. The molecule has 0 aromatic rings. The van der Waals surface area contributed by atoms with Crippen LogP contribution in [0, 0.1) is 5.92 Å². The summed E-state index contributed by atoms with van der Waals surface area (Å²) in [6.07, 6.45) is 11.1. The number of hydrogen-bond donors (Lipinski definition) is 3. The maximum Gasteiger partial charge on any atom is 0.315 e. The first-order valence-electron chi connectivity index (χ1n) is 8.38. The molecule has 3 N–H and O–H groups in total. The molecule has 2 rings (SSSR count). The van der Waals surface area contributed by atoms with Gasteiger partial charge in [0.05, 0.1) is 6.10 Å². The number of hydrogen-bond acceptors (Lipinski definition) is 2. The quantitative estimate of drug-likeness (QED) is 0.726. The third kappa shape index (κ3) is 5.31. The van der Waals surface area contributed by atoms with Crippen LogP contribution in [0.2, 0.25) is 0 Å². The molecule has 2 aliphatic carbocycles. The van der Waals surface area contributed by atoms with E-state index in [1.807, 2.05) is 0 Å². The Morgan fingerprint density at radius 3 is 2.45 bits per heavy atom. The lowest BCUT2D eigenvalue weighted by molar-refractivity contribution is 0.117. The van der Waals surface area contributed by atoms with E-state index in [2.05, 4.69) is 17.6 Å². The molecule has 2 aliphatic rings. The Morgan fingerprint density at radius 2 is 1.80 bits per heavy atom. The SMILES string of the molecule is CC(CCC1CCCC1)NC(=O)NC1CCC(O)CC1. The Morgan fingerprint density at radius 1 is 1.15 bits per heavy atom. The fraction of sp³-hybridized carbons (Fsp3) is 0.938. The molecule has 2 saturated carbocycles. The van der Waals surface area contributed by atoms with E-state index < -0.39 is 0 Å². The molecular formula is C16H30N2O2. The molecule has 116 valence electrons. The van der Waals surface area contributed by atoms with Crippen LogP contribution in [0.15, 0.2) is 0 Å². The lowest BCUT2D eigenvalue weighted by atomic mass is 9.93. The van der Waals surface area contributed by atoms with E-state index in [1.165, 1.54) is 32.1 Å². The van der Waals surface area contributed by atoms with Gasteiger partial charge in [-0.15, -0.1) is 0 Å². The largest absolute Gasteiger partial charge is 0.393 e. The molecule has 20 heavy (non-hydrogen) atoms. The van der Waals surface area contributed by atoms with Gasteiger partial charge in [-0.1, -0.05) is 25.7 Å². The minimum atomic E-state index is -0.165. The molecule has 0 radical (unpaired) electrons. The van der Waals surface area contributed by atoms with Crippen molar-refractivity contribution in [3.63, 3.8) is 0 Å². The van der Waals surface area contributed by atoms with Crippen LogP contribution in [0.4, 0.5) is 4.79 Å². The summed E-state index contributed by atoms with van der Waals surface area (Å²) in [6, 6.07) is 0.454. The second-order valence-electron chi connectivity index (χ2n) is 6.75. The van der Waals surface area contributed by atoms with Crippen LogP contribution in [0.5, 0.6) is 0 Å². The maximum absolute atomic E-state index is 11.9. The molecule has 0 aromatic heterocycles. The number of rotatable bonds is 5.